The summed E-state index contributed by atoms with van der Waals surface area (Å²) < 4.78 is 5.24. The number of nitrogens with one attached hydrogen (secondary N) is 1. The number of rotatable bonds is 1. The number of benzene rings is 1. The maximum atomic E-state index is 12.6. The Kier molecular flexibility index (Phi) is 3.51. The predicted molar refractivity (Wildman–Crippen MR) is 78.1 cm³/mol. The van der Waals surface area contributed by atoms with Gasteiger partial charge in [-0.3, -0.25) is 4.79 Å². The highest BCUT2D eigenvalue weighted by Crippen LogP contribution is 2.26. The Labute approximate surface area is 122 Å². The number of nitrogens with zero attached hydrogens (tertiary/aromatic N) is 1. The van der Waals surface area contributed by atoms with E-state index in [1.165, 1.54) is 0 Å². The normalized spacial score (nSPS) is 18.5. The monoisotopic (exact) mass is 290 g/mol. The average Bonchev–Trinajstić information content (AvgIpc) is 2.81. The Balaban J connectivity index is 2.00. The highest BCUT2D eigenvalue weighted by Gasteiger charge is 2.26. The maximum absolute atomic E-state index is 12.6. The second-order valence-corrected chi connectivity index (χ2v) is 5.30. The molecule has 0 saturated heterocycles. The molecule has 104 valence electrons. The van der Waals surface area contributed by atoms with Gasteiger partial charge in [0.05, 0.1) is 0 Å². The van der Waals surface area contributed by atoms with E-state index in [0.717, 1.165) is 17.8 Å². The minimum atomic E-state index is -0.167. The summed E-state index contributed by atoms with van der Waals surface area (Å²) in [6, 6.07) is 11.3. The van der Waals surface area contributed by atoms with Crippen LogP contribution in [0, 0.1) is 0 Å². The van der Waals surface area contributed by atoms with Crippen LogP contribution in [0.4, 0.5) is 5.69 Å². The first-order valence-corrected chi connectivity index (χ1v) is 6.91. The van der Waals surface area contributed by atoms with Crippen molar-refractivity contribution in [3.8, 4) is 0 Å². The fourth-order valence-corrected chi connectivity index (χ4v) is 2.55. The molecular weight excluding hydrogens is 276 g/mol. The summed E-state index contributed by atoms with van der Waals surface area (Å²) >= 11 is 5.75. The lowest BCUT2D eigenvalue weighted by Gasteiger charge is -2.23. The van der Waals surface area contributed by atoms with E-state index in [1.54, 1.807) is 17.0 Å². The van der Waals surface area contributed by atoms with E-state index < -0.39 is 0 Å². The molecule has 1 aromatic carbocycles. The molecule has 1 aromatic heterocycles. The van der Waals surface area contributed by atoms with Crippen LogP contribution in [0.1, 0.15) is 23.0 Å². The second kappa shape index (κ2) is 5.31. The molecule has 1 aliphatic heterocycles. The minimum absolute atomic E-state index is 0.167. The summed E-state index contributed by atoms with van der Waals surface area (Å²) in [4.78, 5) is 14.4. The molecule has 4 nitrogen and oxygen atoms in total. The van der Waals surface area contributed by atoms with Gasteiger partial charge in [-0.2, -0.15) is 0 Å². The summed E-state index contributed by atoms with van der Waals surface area (Å²) in [6.45, 7) is 3.40. The van der Waals surface area contributed by atoms with Crippen molar-refractivity contribution >= 4 is 23.2 Å². The zero-order valence-corrected chi connectivity index (χ0v) is 11.9. The van der Waals surface area contributed by atoms with Crippen molar-refractivity contribution in [3.63, 3.8) is 0 Å². The largest absolute Gasteiger partial charge is 0.440 e. The summed E-state index contributed by atoms with van der Waals surface area (Å²) in [6.07, 6.45) is 0. The van der Waals surface area contributed by atoms with Gasteiger partial charge >= 0.3 is 0 Å². The molecule has 0 aliphatic carbocycles. The summed E-state index contributed by atoms with van der Waals surface area (Å²) in [5, 5.41) is 3.62. The van der Waals surface area contributed by atoms with Gasteiger partial charge in [0.1, 0.15) is 0 Å². The molecule has 2 heterocycles. The van der Waals surface area contributed by atoms with E-state index in [1.807, 2.05) is 24.3 Å². The first-order valence-electron chi connectivity index (χ1n) is 6.53. The molecule has 0 bridgehead atoms. The zero-order chi connectivity index (χ0) is 14.1. The van der Waals surface area contributed by atoms with Crippen LogP contribution in [-0.2, 0) is 6.54 Å². The average molecular weight is 291 g/mol. The van der Waals surface area contributed by atoms with Crippen molar-refractivity contribution in [3.05, 3.63) is 52.9 Å². The molecule has 0 radical (unpaired) electrons. The number of furan rings is 1. The Hall–Kier alpha value is -1.78. The van der Waals surface area contributed by atoms with Gasteiger partial charge in [0.2, 0.25) is 0 Å². The van der Waals surface area contributed by atoms with Gasteiger partial charge in [0.15, 0.2) is 11.0 Å². The molecule has 20 heavy (non-hydrogen) atoms. The lowest BCUT2D eigenvalue weighted by Crippen LogP contribution is -2.39. The molecular formula is C15H15ClN2O2. The second-order valence-electron chi connectivity index (χ2n) is 4.93. The van der Waals surface area contributed by atoms with Gasteiger partial charge in [-0.15, -0.1) is 0 Å². The number of anilines is 1. The Bertz CT molecular complexity index is 638. The van der Waals surface area contributed by atoms with E-state index in [4.69, 9.17) is 16.0 Å². The van der Waals surface area contributed by atoms with Gasteiger partial charge in [-0.05, 0) is 42.3 Å². The molecule has 0 spiro atoms. The van der Waals surface area contributed by atoms with Crippen molar-refractivity contribution in [2.45, 2.75) is 19.5 Å². The molecule has 5 heteroatoms. The van der Waals surface area contributed by atoms with Gasteiger partial charge in [-0.25, -0.2) is 0 Å². The van der Waals surface area contributed by atoms with Crippen LogP contribution in [0.25, 0.3) is 0 Å². The SMILES string of the molecule is CC1CN(C(=O)c2ccc(Cl)o2)c2ccccc2CN1. The van der Waals surface area contributed by atoms with Crippen LogP contribution >= 0.6 is 11.6 Å². The number of carbonyl (C=O) groups is 1. The third kappa shape index (κ3) is 2.44. The zero-order valence-electron chi connectivity index (χ0n) is 11.1. The fraction of sp³-hybridized carbons (Fsp3) is 0.267. The fourth-order valence-electron chi connectivity index (χ4n) is 2.40. The quantitative estimate of drug-likeness (QED) is 0.878. The number of amides is 1. The smallest absolute Gasteiger partial charge is 0.294 e. The minimum Gasteiger partial charge on any atom is -0.440 e. The highest BCUT2D eigenvalue weighted by atomic mass is 35.5. The van der Waals surface area contributed by atoms with E-state index >= 15 is 0 Å². The number of carbonyl (C=O) groups excluding carboxylic acids is 1. The molecule has 1 unspecified atom stereocenters. The van der Waals surface area contributed by atoms with Crippen LogP contribution in [0.2, 0.25) is 5.22 Å². The van der Waals surface area contributed by atoms with Crippen molar-refractivity contribution in [2.24, 2.45) is 0 Å². The Morgan fingerprint density at radius 3 is 2.90 bits per heavy atom. The number of fused-ring (bicyclic) bond motifs is 1. The molecule has 1 amide bonds. The van der Waals surface area contributed by atoms with Crippen molar-refractivity contribution in [1.82, 2.24) is 5.32 Å². The maximum Gasteiger partial charge on any atom is 0.294 e. The lowest BCUT2D eigenvalue weighted by atomic mass is 10.1. The van der Waals surface area contributed by atoms with Crippen molar-refractivity contribution < 1.29 is 9.21 Å². The van der Waals surface area contributed by atoms with Crippen molar-refractivity contribution in [2.75, 3.05) is 11.4 Å². The van der Waals surface area contributed by atoms with E-state index in [0.29, 0.717) is 6.54 Å². The van der Waals surface area contributed by atoms with Crippen LogP contribution in [0.15, 0.2) is 40.8 Å². The number of halogens is 1. The topological polar surface area (TPSA) is 45.5 Å². The van der Waals surface area contributed by atoms with Crippen LogP contribution in [-0.4, -0.2) is 18.5 Å². The third-order valence-corrected chi connectivity index (χ3v) is 3.61. The van der Waals surface area contributed by atoms with Gasteiger partial charge in [-0.1, -0.05) is 18.2 Å². The molecule has 1 atom stereocenters. The molecule has 1 aliphatic rings. The first-order chi connectivity index (χ1) is 9.65. The van der Waals surface area contributed by atoms with E-state index in [-0.39, 0.29) is 22.9 Å². The van der Waals surface area contributed by atoms with E-state index in [2.05, 4.69) is 12.2 Å². The van der Waals surface area contributed by atoms with E-state index in [9.17, 15) is 4.79 Å². The molecule has 3 rings (SSSR count). The molecule has 0 fully saturated rings. The van der Waals surface area contributed by atoms with Gasteiger partial charge in [0, 0.05) is 24.8 Å². The number of hydrogen-bond donors (Lipinski definition) is 1. The Morgan fingerprint density at radius 2 is 2.15 bits per heavy atom. The Morgan fingerprint density at radius 1 is 1.35 bits per heavy atom. The van der Waals surface area contributed by atoms with Crippen molar-refractivity contribution in [1.29, 1.82) is 0 Å². The van der Waals surface area contributed by atoms with Gasteiger partial charge in [0.25, 0.3) is 5.91 Å². The number of para-hydroxylation sites is 1. The van der Waals surface area contributed by atoms with Crippen LogP contribution < -0.4 is 10.2 Å². The predicted octanol–water partition coefficient (Wildman–Crippen LogP) is 3.07. The molecule has 2 aromatic rings. The highest BCUT2D eigenvalue weighted by molar-refractivity contribution is 6.29. The summed E-state index contributed by atoms with van der Waals surface area (Å²) in [5.74, 6) is 0.0961. The third-order valence-electron chi connectivity index (χ3n) is 3.41. The lowest BCUT2D eigenvalue weighted by molar-refractivity contribution is 0.0959. The van der Waals surface area contributed by atoms with Crippen LogP contribution in [0.5, 0.6) is 0 Å². The molecule has 1 N–H and O–H groups in total. The molecule has 0 saturated carbocycles. The number of hydrogen-bond acceptors (Lipinski definition) is 3. The van der Waals surface area contributed by atoms with Crippen LogP contribution in [0.3, 0.4) is 0 Å². The summed E-state index contributed by atoms with van der Waals surface area (Å²) in [5.41, 5.74) is 2.02. The standard InChI is InChI=1S/C15H15ClN2O2/c1-10-9-18(15(19)13-6-7-14(16)20-13)12-5-3-2-4-11(12)8-17-10/h2-7,10,17H,8-9H2,1H3. The van der Waals surface area contributed by atoms with Gasteiger partial charge < -0.3 is 14.6 Å². The summed E-state index contributed by atoms with van der Waals surface area (Å²) in [7, 11) is 0. The first kappa shape index (κ1) is 13.2.